The van der Waals surface area contributed by atoms with Gasteiger partial charge >= 0.3 is 5.97 Å². The third-order valence-corrected chi connectivity index (χ3v) is 5.74. The standard InChI is InChI=1S/C18H15Cl2N3O2S/c1-3-25-17(24)15-9(2)21-18-22-13-6-11(19)12(20)7-14(13)23(18)16(15)10-4-5-26-8-10/h4-8,16H,3H2,1-2H3,(H,21,22). The van der Waals surface area contributed by atoms with E-state index >= 15 is 0 Å². The van der Waals surface area contributed by atoms with Gasteiger partial charge < -0.3 is 10.1 Å². The van der Waals surface area contributed by atoms with Gasteiger partial charge in [0.2, 0.25) is 5.95 Å². The lowest BCUT2D eigenvalue weighted by molar-refractivity contribution is -0.139. The molecule has 1 aliphatic heterocycles. The first-order chi connectivity index (χ1) is 12.5. The van der Waals surface area contributed by atoms with Crippen LogP contribution in [-0.2, 0) is 9.53 Å². The number of esters is 1. The van der Waals surface area contributed by atoms with Crippen molar-refractivity contribution in [3.63, 3.8) is 0 Å². The molecular weight excluding hydrogens is 393 g/mol. The molecule has 1 N–H and O–H groups in total. The Balaban J connectivity index is 1.99. The molecule has 0 aliphatic carbocycles. The zero-order chi connectivity index (χ0) is 18.4. The van der Waals surface area contributed by atoms with Gasteiger partial charge in [-0.3, -0.25) is 4.57 Å². The summed E-state index contributed by atoms with van der Waals surface area (Å²) >= 11 is 14.0. The summed E-state index contributed by atoms with van der Waals surface area (Å²) in [6.07, 6.45) is 0. The first kappa shape index (κ1) is 17.4. The van der Waals surface area contributed by atoms with E-state index in [0.717, 1.165) is 16.8 Å². The Morgan fingerprint density at radius 1 is 1.38 bits per heavy atom. The maximum absolute atomic E-state index is 12.7. The quantitative estimate of drug-likeness (QED) is 0.601. The summed E-state index contributed by atoms with van der Waals surface area (Å²) in [5.41, 5.74) is 3.78. The first-order valence-electron chi connectivity index (χ1n) is 8.05. The van der Waals surface area contributed by atoms with Crippen molar-refractivity contribution >= 4 is 57.5 Å². The second-order valence-corrected chi connectivity index (χ2v) is 7.50. The number of imidazole rings is 1. The van der Waals surface area contributed by atoms with E-state index < -0.39 is 0 Å². The monoisotopic (exact) mass is 407 g/mol. The number of fused-ring (bicyclic) bond motifs is 3. The predicted molar refractivity (Wildman–Crippen MR) is 105 cm³/mol. The van der Waals surface area contributed by atoms with Crippen LogP contribution in [0.25, 0.3) is 11.0 Å². The van der Waals surface area contributed by atoms with E-state index in [0.29, 0.717) is 33.7 Å². The van der Waals surface area contributed by atoms with E-state index in [4.69, 9.17) is 27.9 Å². The minimum atomic E-state index is -0.348. The number of nitrogens with zero attached hydrogens (tertiary/aromatic N) is 2. The third-order valence-electron chi connectivity index (χ3n) is 4.32. The van der Waals surface area contributed by atoms with Crippen molar-refractivity contribution < 1.29 is 9.53 Å². The highest BCUT2D eigenvalue weighted by Gasteiger charge is 2.35. The number of aromatic nitrogens is 2. The van der Waals surface area contributed by atoms with Crippen LogP contribution < -0.4 is 5.32 Å². The summed E-state index contributed by atoms with van der Waals surface area (Å²) in [5, 5.41) is 8.11. The lowest BCUT2D eigenvalue weighted by atomic mass is 9.97. The number of benzene rings is 1. The van der Waals surface area contributed by atoms with Crippen molar-refractivity contribution in [1.82, 2.24) is 9.55 Å². The highest BCUT2D eigenvalue weighted by molar-refractivity contribution is 7.08. The van der Waals surface area contributed by atoms with Crippen molar-refractivity contribution in [1.29, 1.82) is 0 Å². The Labute approximate surface area is 164 Å². The Morgan fingerprint density at radius 3 is 2.85 bits per heavy atom. The highest BCUT2D eigenvalue weighted by Crippen LogP contribution is 2.41. The molecule has 26 heavy (non-hydrogen) atoms. The molecule has 1 atom stereocenters. The van der Waals surface area contributed by atoms with Crippen LogP contribution in [0.1, 0.15) is 25.5 Å². The molecule has 5 nitrogen and oxygen atoms in total. The lowest BCUT2D eigenvalue weighted by Crippen LogP contribution is -2.28. The molecule has 0 spiro atoms. The van der Waals surface area contributed by atoms with Crippen LogP contribution in [0.3, 0.4) is 0 Å². The molecule has 8 heteroatoms. The molecule has 0 saturated carbocycles. The number of carbonyl (C=O) groups excluding carboxylic acids is 1. The number of rotatable bonds is 3. The van der Waals surface area contributed by atoms with Gasteiger partial charge in [-0.1, -0.05) is 23.2 Å². The minimum absolute atomic E-state index is 0.310. The predicted octanol–water partition coefficient (Wildman–Crippen LogP) is 5.26. The number of allylic oxidation sites excluding steroid dienone is 1. The first-order valence-corrected chi connectivity index (χ1v) is 9.75. The number of anilines is 1. The molecule has 0 amide bonds. The zero-order valence-electron chi connectivity index (χ0n) is 14.0. The number of hydrogen-bond donors (Lipinski definition) is 1. The molecule has 1 aliphatic rings. The molecule has 4 rings (SSSR count). The topological polar surface area (TPSA) is 56.1 Å². The van der Waals surface area contributed by atoms with Crippen LogP contribution in [0.5, 0.6) is 0 Å². The molecule has 0 fully saturated rings. The Morgan fingerprint density at radius 2 is 2.15 bits per heavy atom. The second kappa shape index (κ2) is 6.61. The van der Waals surface area contributed by atoms with E-state index in [2.05, 4.69) is 10.3 Å². The SMILES string of the molecule is CCOC(=O)C1=C(C)Nc2nc3cc(Cl)c(Cl)cc3n2C1c1ccsc1. The smallest absolute Gasteiger partial charge is 0.338 e. The van der Waals surface area contributed by atoms with Crippen molar-refractivity contribution in [2.45, 2.75) is 19.9 Å². The fourth-order valence-corrected chi connectivity index (χ4v) is 4.22. The fraction of sp³-hybridized carbons (Fsp3) is 0.222. The summed E-state index contributed by atoms with van der Waals surface area (Å²) in [5.74, 6) is 0.293. The summed E-state index contributed by atoms with van der Waals surface area (Å²) in [6, 6.07) is 5.16. The molecule has 3 heterocycles. The average molecular weight is 408 g/mol. The van der Waals surface area contributed by atoms with Crippen molar-refractivity contribution in [2.75, 3.05) is 11.9 Å². The van der Waals surface area contributed by atoms with E-state index in [9.17, 15) is 4.79 Å². The summed E-state index contributed by atoms with van der Waals surface area (Å²) in [7, 11) is 0. The number of hydrogen-bond acceptors (Lipinski definition) is 5. The Hall–Kier alpha value is -2.02. The average Bonchev–Trinajstić information content (AvgIpc) is 3.22. The van der Waals surface area contributed by atoms with Crippen LogP contribution in [0.15, 0.2) is 40.2 Å². The van der Waals surface area contributed by atoms with Gasteiger partial charge in [0, 0.05) is 5.70 Å². The summed E-state index contributed by atoms with van der Waals surface area (Å²) in [6.45, 7) is 3.96. The molecule has 1 unspecified atom stereocenters. The number of carbonyl (C=O) groups is 1. The third kappa shape index (κ3) is 2.69. The molecule has 0 saturated heterocycles. The van der Waals surface area contributed by atoms with Crippen molar-refractivity contribution in [3.8, 4) is 0 Å². The molecule has 2 aromatic heterocycles. The van der Waals surface area contributed by atoms with Gasteiger partial charge in [-0.05, 0) is 48.4 Å². The normalized spacial score (nSPS) is 16.5. The minimum Gasteiger partial charge on any atom is -0.463 e. The van der Waals surface area contributed by atoms with Crippen LogP contribution in [0, 0.1) is 0 Å². The van der Waals surface area contributed by atoms with Gasteiger partial charge in [0.05, 0.1) is 39.3 Å². The van der Waals surface area contributed by atoms with E-state index in [1.165, 1.54) is 0 Å². The van der Waals surface area contributed by atoms with Crippen LogP contribution >= 0.6 is 34.5 Å². The Kier molecular flexibility index (Phi) is 4.42. The maximum Gasteiger partial charge on any atom is 0.338 e. The largest absolute Gasteiger partial charge is 0.463 e. The molecule has 3 aromatic rings. The number of ether oxygens (including phenoxy) is 1. The van der Waals surface area contributed by atoms with Gasteiger partial charge in [0.25, 0.3) is 0 Å². The second-order valence-electron chi connectivity index (χ2n) is 5.90. The van der Waals surface area contributed by atoms with E-state index in [-0.39, 0.29) is 12.0 Å². The Bertz CT molecular complexity index is 1040. The fourth-order valence-electron chi connectivity index (χ4n) is 3.23. The summed E-state index contributed by atoms with van der Waals surface area (Å²) in [4.78, 5) is 17.3. The molecule has 0 radical (unpaired) electrons. The maximum atomic E-state index is 12.7. The van der Waals surface area contributed by atoms with Gasteiger partial charge in [-0.25, -0.2) is 9.78 Å². The number of nitrogens with one attached hydrogen (secondary N) is 1. The van der Waals surface area contributed by atoms with Crippen LogP contribution in [-0.4, -0.2) is 22.1 Å². The van der Waals surface area contributed by atoms with Crippen LogP contribution in [0.4, 0.5) is 5.95 Å². The zero-order valence-corrected chi connectivity index (χ0v) is 16.4. The van der Waals surface area contributed by atoms with Crippen molar-refractivity contribution in [3.05, 3.63) is 55.8 Å². The van der Waals surface area contributed by atoms with E-state index in [1.807, 2.05) is 28.3 Å². The number of halogens is 2. The molecule has 1 aromatic carbocycles. The molecule has 0 bridgehead atoms. The molecule has 134 valence electrons. The highest BCUT2D eigenvalue weighted by atomic mass is 35.5. The van der Waals surface area contributed by atoms with Gasteiger partial charge in [0.1, 0.15) is 0 Å². The van der Waals surface area contributed by atoms with Gasteiger partial charge in [0.15, 0.2) is 0 Å². The van der Waals surface area contributed by atoms with Gasteiger partial charge in [-0.15, -0.1) is 0 Å². The van der Waals surface area contributed by atoms with Gasteiger partial charge in [-0.2, -0.15) is 11.3 Å². The number of thiophene rings is 1. The van der Waals surface area contributed by atoms with Crippen LogP contribution in [0.2, 0.25) is 10.0 Å². The lowest BCUT2D eigenvalue weighted by Gasteiger charge is -2.29. The summed E-state index contributed by atoms with van der Waals surface area (Å²) < 4.78 is 7.28. The van der Waals surface area contributed by atoms with Crippen molar-refractivity contribution in [2.24, 2.45) is 0 Å². The van der Waals surface area contributed by atoms with E-state index in [1.54, 1.807) is 30.4 Å². The molecular formula is C18H15Cl2N3O2S.